The Labute approximate surface area is 259 Å². The number of carbonyl (C=O) groups is 1. The van der Waals surface area contributed by atoms with Gasteiger partial charge in [-0.3, -0.25) is 4.79 Å². The van der Waals surface area contributed by atoms with Gasteiger partial charge in [0.25, 0.3) is 0 Å². The van der Waals surface area contributed by atoms with Gasteiger partial charge >= 0.3 is 0 Å². The standard InChI is InChI=1S/C34H42INO4Si/c1-23-31(17-12-24-8-7-11-27(35)18-24)40-32(34(23)41(3,4)30-15-13-29(39-2)14-16-30)20-33(38)36-21-26-10-6-5-9-25(26)19-28(36)22-37/h5-11,13-16,18,23,28,31-32,34,37H,12,17,19-22H2,1-4H3/t23-,28-,31+,32-,34+/m0/s1. The summed E-state index contributed by atoms with van der Waals surface area (Å²) in [4.78, 5) is 15.9. The average molecular weight is 684 g/mol. The number of hydrogen-bond acceptors (Lipinski definition) is 4. The lowest BCUT2D eigenvalue weighted by Gasteiger charge is -2.39. The van der Waals surface area contributed by atoms with E-state index in [1.165, 1.54) is 25.4 Å². The van der Waals surface area contributed by atoms with Gasteiger partial charge in [-0.2, -0.15) is 0 Å². The summed E-state index contributed by atoms with van der Waals surface area (Å²) in [5, 5.41) is 11.6. The second-order valence-electron chi connectivity index (χ2n) is 12.3. The molecule has 5 atom stereocenters. The van der Waals surface area contributed by atoms with Crippen LogP contribution in [0.5, 0.6) is 5.75 Å². The van der Waals surface area contributed by atoms with Crippen molar-refractivity contribution in [2.24, 2.45) is 5.92 Å². The molecule has 0 aliphatic carbocycles. The molecular formula is C34H42INO4Si. The molecule has 0 unspecified atom stereocenters. The Morgan fingerprint density at radius 1 is 1.05 bits per heavy atom. The van der Waals surface area contributed by atoms with Gasteiger partial charge in [-0.15, -0.1) is 0 Å². The van der Waals surface area contributed by atoms with Gasteiger partial charge in [-0.25, -0.2) is 0 Å². The molecule has 3 aromatic rings. The van der Waals surface area contributed by atoms with E-state index in [0.717, 1.165) is 18.6 Å². The van der Waals surface area contributed by atoms with Crippen molar-refractivity contribution in [3.05, 3.63) is 93.1 Å². The van der Waals surface area contributed by atoms with Crippen molar-refractivity contribution < 1.29 is 19.4 Å². The van der Waals surface area contributed by atoms with Crippen molar-refractivity contribution >= 4 is 41.8 Å². The number of amides is 1. The number of halogens is 1. The van der Waals surface area contributed by atoms with Crippen LogP contribution in [0.15, 0.2) is 72.8 Å². The van der Waals surface area contributed by atoms with E-state index in [-0.39, 0.29) is 36.3 Å². The highest BCUT2D eigenvalue weighted by atomic mass is 127. The highest BCUT2D eigenvalue weighted by Gasteiger charge is 2.51. The maximum atomic E-state index is 14.0. The summed E-state index contributed by atoms with van der Waals surface area (Å²) in [5.41, 5.74) is 4.01. The van der Waals surface area contributed by atoms with E-state index in [1.807, 2.05) is 17.0 Å². The number of aryl methyl sites for hydroxylation is 1. The molecule has 3 aromatic carbocycles. The Morgan fingerprint density at radius 2 is 1.78 bits per heavy atom. The molecule has 218 valence electrons. The molecule has 2 heterocycles. The van der Waals surface area contributed by atoms with Crippen LogP contribution in [0, 0.1) is 9.49 Å². The largest absolute Gasteiger partial charge is 0.497 e. The maximum Gasteiger partial charge on any atom is 0.225 e. The van der Waals surface area contributed by atoms with Crippen LogP contribution in [-0.2, 0) is 28.9 Å². The summed E-state index contributed by atoms with van der Waals surface area (Å²) >= 11 is 2.37. The summed E-state index contributed by atoms with van der Waals surface area (Å²) in [6.45, 7) is 7.69. The second kappa shape index (κ2) is 13.0. The number of ether oxygens (including phenoxy) is 2. The number of nitrogens with zero attached hydrogens (tertiary/aromatic N) is 1. The molecule has 1 N–H and O–H groups in total. The summed E-state index contributed by atoms with van der Waals surface area (Å²) in [5.74, 6) is 1.27. The number of fused-ring (bicyclic) bond motifs is 1. The van der Waals surface area contributed by atoms with Crippen LogP contribution in [0.1, 0.15) is 36.5 Å². The molecule has 1 saturated heterocycles. The van der Waals surface area contributed by atoms with E-state index in [1.54, 1.807) is 7.11 Å². The van der Waals surface area contributed by atoms with Crippen LogP contribution in [0.2, 0.25) is 18.6 Å². The van der Waals surface area contributed by atoms with Gasteiger partial charge < -0.3 is 19.5 Å². The van der Waals surface area contributed by atoms with E-state index in [0.29, 0.717) is 25.3 Å². The Hall–Kier alpha value is -2.20. The second-order valence-corrected chi connectivity index (χ2v) is 18.2. The van der Waals surface area contributed by atoms with Crippen molar-refractivity contribution in [3.63, 3.8) is 0 Å². The van der Waals surface area contributed by atoms with E-state index >= 15 is 0 Å². The number of hydrogen-bond donors (Lipinski definition) is 1. The minimum atomic E-state index is -2.07. The first-order valence-corrected chi connectivity index (χ1v) is 18.9. The fourth-order valence-electron chi connectivity index (χ4n) is 7.18. The lowest BCUT2D eigenvalue weighted by Crippen LogP contribution is -2.52. The third-order valence-electron chi connectivity index (χ3n) is 9.44. The third-order valence-corrected chi connectivity index (χ3v) is 14.5. The Morgan fingerprint density at radius 3 is 2.46 bits per heavy atom. The van der Waals surface area contributed by atoms with Crippen LogP contribution >= 0.6 is 22.6 Å². The van der Waals surface area contributed by atoms with E-state index in [4.69, 9.17) is 9.47 Å². The lowest BCUT2D eigenvalue weighted by molar-refractivity contribution is -0.138. The van der Waals surface area contributed by atoms with Gasteiger partial charge in [-0.1, -0.05) is 73.7 Å². The van der Waals surface area contributed by atoms with Crippen LogP contribution in [0.25, 0.3) is 0 Å². The number of rotatable bonds is 9. The molecule has 0 radical (unpaired) electrons. The molecular weight excluding hydrogens is 641 g/mol. The molecule has 0 saturated carbocycles. The average Bonchev–Trinajstić information content (AvgIpc) is 3.30. The molecule has 7 heteroatoms. The fraction of sp³-hybridized carbons (Fsp3) is 0.441. The predicted molar refractivity (Wildman–Crippen MR) is 175 cm³/mol. The van der Waals surface area contributed by atoms with Crippen molar-refractivity contribution in [3.8, 4) is 5.75 Å². The quantitative estimate of drug-likeness (QED) is 0.224. The molecule has 2 aliphatic heterocycles. The van der Waals surface area contributed by atoms with Gasteiger partial charge in [0.1, 0.15) is 5.75 Å². The van der Waals surface area contributed by atoms with Gasteiger partial charge in [-0.05, 0) is 94.3 Å². The van der Waals surface area contributed by atoms with Gasteiger partial charge in [0.05, 0.1) is 46.5 Å². The van der Waals surface area contributed by atoms with Crippen LogP contribution in [0.3, 0.4) is 0 Å². The topological polar surface area (TPSA) is 59.0 Å². The molecule has 41 heavy (non-hydrogen) atoms. The molecule has 5 nitrogen and oxygen atoms in total. The zero-order valence-electron chi connectivity index (χ0n) is 24.6. The lowest BCUT2D eigenvalue weighted by atomic mass is 9.93. The summed E-state index contributed by atoms with van der Waals surface area (Å²) < 4.78 is 13.6. The van der Waals surface area contributed by atoms with Crippen LogP contribution in [-0.4, -0.2) is 56.0 Å². The highest BCUT2D eigenvalue weighted by Crippen LogP contribution is 2.46. The first-order valence-electron chi connectivity index (χ1n) is 14.7. The Bertz CT molecular complexity index is 1350. The molecule has 0 aromatic heterocycles. The number of aliphatic hydroxyl groups is 1. The minimum absolute atomic E-state index is 0.0317. The number of benzene rings is 3. The van der Waals surface area contributed by atoms with Crippen molar-refractivity contribution in [1.29, 1.82) is 0 Å². The van der Waals surface area contributed by atoms with E-state index < -0.39 is 8.07 Å². The van der Waals surface area contributed by atoms with Gasteiger partial charge in [0, 0.05) is 10.1 Å². The zero-order chi connectivity index (χ0) is 29.1. The first kappa shape index (κ1) is 30.3. The zero-order valence-corrected chi connectivity index (χ0v) is 27.7. The molecule has 1 fully saturated rings. The monoisotopic (exact) mass is 683 g/mol. The smallest absolute Gasteiger partial charge is 0.225 e. The van der Waals surface area contributed by atoms with Crippen LogP contribution in [0.4, 0.5) is 0 Å². The molecule has 1 amide bonds. The van der Waals surface area contributed by atoms with Gasteiger partial charge in [0.2, 0.25) is 5.91 Å². The first-order chi connectivity index (χ1) is 19.7. The highest BCUT2D eigenvalue weighted by molar-refractivity contribution is 14.1. The Balaban J connectivity index is 1.40. The fourth-order valence-corrected chi connectivity index (χ4v) is 11.9. The summed E-state index contributed by atoms with van der Waals surface area (Å²) in [6.07, 6.45) is 2.87. The number of aliphatic hydroxyl groups excluding tert-OH is 1. The number of methoxy groups -OCH3 is 1. The molecule has 5 rings (SSSR count). The van der Waals surface area contributed by atoms with Crippen LogP contribution < -0.4 is 9.92 Å². The molecule has 0 bridgehead atoms. The SMILES string of the molecule is COc1ccc([Si](C)(C)[C@@H]2[C@@H](C)[C@@H](CCc3cccc(I)c3)O[C@H]2CC(=O)N2Cc3ccccc3C[C@H]2CO)cc1. The maximum absolute atomic E-state index is 14.0. The third kappa shape index (κ3) is 6.58. The van der Waals surface area contributed by atoms with Gasteiger partial charge in [0.15, 0.2) is 0 Å². The predicted octanol–water partition coefficient (Wildman–Crippen LogP) is 5.96. The van der Waals surface area contributed by atoms with E-state index in [2.05, 4.69) is 103 Å². The summed E-state index contributed by atoms with van der Waals surface area (Å²) in [6, 6.07) is 25.3. The summed E-state index contributed by atoms with van der Waals surface area (Å²) in [7, 11) is -0.371. The Kier molecular flexibility index (Phi) is 9.58. The van der Waals surface area contributed by atoms with Crippen molar-refractivity contribution in [1.82, 2.24) is 4.90 Å². The molecule has 0 spiro atoms. The number of carbonyl (C=O) groups excluding carboxylic acids is 1. The molecule has 2 aliphatic rings. The van der Waals surface area contributed by atoms with Crippen molar-refractivity contribution in [2.45, 2.75) is 76.0 Å². The minimum Gasteiger partial charge on any atom is -0.497 e. The van der Waals surface area contributed by atoms with Crippen molar-refractivity contribution in [2.75, 3.05) is 13.7 Å². The van der Waals surface area contributed by atoms with E-state index in [9.17, 15) is 9.90 Å². The normalized spacial score (nSPS) is 24.2.